The van der Waals surface area contributed by atoms with E-state index in [0.717, 1.165) is 19.3 Å². The van der Waals surface area contributed by atoms with Gasteiger partial charge in [0, 0.05) is 6.42 Å². The van der Waals surface area contributed by atoms with Gasteiger partial charge in [-0.05, 0) is 52.9 Å². The zero-order valence-corrected chi connectivity index (χ0v) is 13.5. The second-order valence-corrected chi connectivity index (χ2v) is 6.11. The zero-order chi connectivity index (χ0) is 14.8. The number of ether oxygens (including phenoxy) is 2. The molecule has 1 saturated carbocycles. The molecule has 110 valence electrons. The zero-order valence-electron chi connectivity index (χ0n) is 11.9. The van der Waals surface area contributed by atoms with E-state index in [9.17, 15) is 4.79 Å². The smallest absolute Gasteiger partial charge is 0.167 e. The van der Waals surface area contributed by atoms with E-state index in [1.165, 1.54) is 0 Å². The van der Waals surface area contributed by atoms with Gasteiger partial charge in [-0.15, -0.1) is 0 Å². The van der Waals surface area contributed by atoms with Gasteiger partial charge in [0.1, 0.15) is 16.0 Å². The van der Waals surface area contributed by atoms with Crippen LogP contribution in [0, 0.1) is 5.41 Å². The number of carbonyl (C=O) groups is 1. The maximum atomic E-state index is 12.5. The van der Waals surface area contributed by atoms with Gasteiger partial charge in [0.15, 0.2) is 5.78 Å². The average molecular weight is 342 g/mol. The van der Waals surface area contributed by atoms with Crippen molar-refractivity contribution in [2.45, 2.75) is 25.7 Å². The van der Waals surface area contributed by atoms with Crippen LogP contribution in [0.1, 0.15) is 36.0 Å². The first kappa shape index (κ1) is 15.3. The summed E-state index contributed by atoms with van der Waals surface area (Å²) in [5.41, 5.74) is 6.41. The van der Waals surface area contributed by atoms with Gasteiger partial charge in [0.25, 0.3) is 0 Å². The largest absolute Gasteiger partial charge is 0.495 e. The standard InChI is InChI=1S/C15H20BrNO3/c1-19-12-5-4-10(14(20-2)13(12)16)11(18)8-15(9-17)6-3-7-15/h4-5H,3,6-9,17H2,1-2H3. The molecule has 2 N–H and O–H groups in total. The third-order valence-corrected chi connectivity index (χ3v) is 4.92. The topological polar surface area (TPSA) is 61.5 Å². The van der Waals surface area contributed by atoms with Crippen molar-refractivity contribution in [1.82, 2.24) is 0 Å². The molecule has 1 aromatic rings. The number of hydrogen-bond acceptors (Lipinski definition) is 4. The molecule has 0 unspecified atom stereocenters. The molecule has 1 aliphatic carbocycles. The molecule has 1 aromatic carbocycles. The summed E-state index contributed by atoms with van der Waals surface area (Å²) in [6.07, 6.45) is 3.72. The Hall–Kier alpha value is -1.07. The van der Waals surface area contributed by atoms with Gasteiger partial charge in [-0.2, -0.15) is 0 Å². The number of nitrogens with two attached hydrogens (primary N) is 1. The molecule has 0 spiro atoms. The quantitative estimate of drug-likeness (QED) is 0.807. The number of Topliss-reactive ketones (excluding diaryl/α,β-unsaturated/α-hetero) is 1. The van der Waals surface area contributed by atoms with Crippen LogP contribution < -0.4 is 15.2 Å². The Morgan fingerprint density at radius 2 is 2.05 bits per heavy atom. The van der Waals surface area contributed by atoms with Crippen molar-refractivity contribution in [2.24, 2.45) is 11.1 Å². The third-order valence-electron chi connectivity index (χ3n) is 4.17. The van der Waals surface area contributed by atoms with Crippen molar-refractivity contribution < 1.29 is 14.3 Å². The first-order valence-corrected chi connectivity index (χ1v) is 7.50. The second-order valence-electron chi connectivity index (χ2n) is 5.32. The predicted molar refractivity (Wildman–Crippen MR) is 81.5 cm³/mol. The summed E-state index contributed by atoms with van der Waals surface area (Å²) in [5.74, 6) is 1.26. The third kappa shape index (κ3) is 2.69. The fourth-order valence-electron chi connectivity index (χ4n) is 2.68. The number of carbonyl (C=O) groups excluding carboxylic acids is 1. The Kier molecular flexibility index (Phi) is 4.70. The highest BCUT2D eigenvalue weighted by atomic mass is 79.9. The number of halogens is 1. The lowest BCUT2D eigenvalue weighted by atomic mass is 9.65. The number of benzene rings is 1. The van der Waals surface area contributed by atoms with Crippen molar-refractivity contribution in [2.75, 3.05) is 20.8 Å². The summed E-state index contributed by atoms with van der Waals surface area (Å²) >= 11 is 3.42. The number of ketones is 1. The minimum Gasteiger partial charge on any atom is -0.495 e. The first-order valence-electron chi connectivity index (χ1n) is 6.70. The molecule has 2 rings (SSSR count). The molecule has 1 fully saturated rings. The van der Waals surface area contributed by atoms with Crippen molar-refractivity contribution in [3.8, 4) is 11.5 Å². The Morgan fingerprint density at radius 3 is 2.50 bits per heavy atom. The maximum Gasteiger partial charge on any atom is 0.167 e. The van der Waals surface area contributed by atoms with Gasteiger partial charge in [-0.1, -0.05) is 6.42 Å². The van der Waals surface area contributed by atoms with Crippen molar-refractivity contribution in [3.05, 3.63) is 22.2 Å². The lowest BCUT2D eigenvalue weighted by Crippen LogP contribution is -2.39. The predicted octanol–water partition coefficient (Wildman–Crippen LogP) is 3.17. The van der Waals surface area contributed by atoms with Crippen LogP contribution >= 0.6 is 15.9 Å². The van der Waals surface area contributed by atoms with Gasteiger partial charge in [-0.3, -0.25) is 4.79 Å². The van der Waals surface area contributed by atoms with Crippen LogP contribution in [0.15, 0.2) is 16.6 Å². The molecule has 0 heterocycles. The summed E-state index contributed by atoms with van der Waals surface area (Å²) in [6.45, 7) is 0.568. The van der Waals surface area contributed by atoms with E-state index in [2.05, 4.69) is 15.9 Å². The van der Waals surface area contributed by atoms with Crippen LogP contribution in [-0.2, 0) is 0 Å². The molecule has 0 aromatic heterocycles. The average Bonchev–Trinajstić information content (AvgIpc) is 2.42. The monoisotopic (exact) mass is 341 g/mol. The summed E-state index contributed by atoms with van der Waals surface area (Å²) < 4.78 is 11.2. The Labute approximate surface area is 127 Å². The molecular weight excluding hydrogens is 322 g/mol. The van der Waals surface area contributed by atoms with Gasteiger partial charge in [0.05, 0.1) is 19.8 Å². The fraction of sp³-hybridized carbons (Fsp3) is 0.533. The molecule has 0 saturated heterocycles. The number of rotatable bonds is 6. The molecule has 1 aliphatic rings. The van der Waals surface area contributed by atoms with Crippen LogP contribution in [-0.4, -0.2) is 26.5 Å². The van der Waals surface area contributed by atoms with Crippen molar-refractivity contribution in [3.63, 3.8) is 0 Å². The lowest BCUT2D eigenvalue weighted by Gasteiger charge is -2.40. The highest BCUT2D eigenvalue weighted by Gasteiger charge is 2.38. The highest BCUT2D eigenvalue weighted by molar-refractivity contribution is 9.10. The van der Waals surface area contributed by atoms with Crippen LogP contribution in [0.2, 0.25) is 0 Å². The molecule has 0 bridgehead atoms. The van der Waals surface area contributed by atoms with Gasteiger partial charge in [0.2, 0.25) is 0 Å². The molecule has 0 radical (unpaired) electrons. The molecular formula is C15H20BrNO3. The Balaban J connectivity index is 2.28. The molecule has 0 atom stereocenters. The minimum atomic E-state index is -0.00546. The molecule has 0 aliphatic heterocycles. The summed E-state index contributed by atoms with van der Waals surface area (Å²) in [6, 6.07) is 3.53. The van der Waals surface area contributed by atoms with Crippen LogP contribution in [0.3, 0.4) is 0 Å². The van der Waals surface area contributed by atoms with Crippen molar-refractivity contribution >= 4 is 21.7 Å². The van der Waals surface area contributed by atoms with E-state index < -0.39 is 0 Å². The van der Waals surface area contributed by atoms with E-state index in [1.807, 2.05) is 0 Å². The normalized spacial score (nSPS) is 16.4. The van der Waals surface area contributed by atoms with E-state index in [1.54, 1.807) is 26.4 Å². The summed E-state index contributed by atoms with van der Waals surface area (Å²) in [7, 11) is 3.14. The molecule has 0 amide bonds. The molecule has 20 heavy (non-hydrogen) atoms. The summed E-state index contributed by atoms with van der Waals surface area (Å²) in [5, 5.41) is 0. The Morgan fingerprint density at radius 1 is 1.35 bits per heavy atom. The number of hydrogen-bond donors (Lipinski definition) is 1. The molecule has 4 nitrogen and oxygen atoms in total. The van der Waals surface area contributed by atoms with E-state index in [-0.39, 0.29) is 11.2 Å². The first-order chi connectivity index (χ1) is 9.56. The Bertz CT molecular complexity index is 507. The van der Waals surface area contributed by atoms with Crippen LogP contribution in [0.4, 0.5) is 0 Å². The maximum absolute atomic E-state index is 12.5. The van der Waals surface area contributed by atoms with Gasteiger partial charge < -0.3 is 15.2 Å². The lowest BCUT2D eigenvalue weighted by molar-refractivity contribution is 0.0783. The SMILES string of the molecule is COc1ccc(C(=O)CC2(CN)CCC2)c(OC)c1Br. The van der Waals surface area contributed by atoms with E-state index in [4.69, 9.17) is 15.2 Å². The van der Waals surface area contributed by atoms with E-state index in [0.29, 0.717) is 34.5 Å². The second kappa shape index (κ2) is 6.14. The van der Waals surface area contributed by atoms with Gasteiger partial charge >= 0.3 is 0 Å². The van der Waals surface area contributed by atoms with Crippen LogP contribution in [0.25, 0.3) is 0 Å². The van der Waals surface area contributed by atoms with Gasteiger partial charge in [-0.25, -0.2) is 0 Å². The van der Waals surface area contributed by atoms with Crippen molar-refractivity contribution in [1.29, 1.82) is 0 Å². The summed E-state index contributed by atoms with van der Waals surface area (Å²) in [4.78, 5) is 12.5. The van der Waals surface area contributed by atoms with E-state index >= 15 is 0 Å². The fourth-order valence-corrected chi connectivity index (χ4v) is 3.35. The van der Waals surface area contributed by atoms with Crippen LogP contribution in [0.5, 0.6) is 11.5 Å². The minimum absolute atomic E-state index is 0.00546. The highest BCUT2D eigenvalue weighted by Crippen LogP contribution is 2.45. The number of methoxy groups -OCH3 is 2. The molecule has 5 heteroatoms.